The number of hydrogen-bond donors (Lipinski definition) is 4. The summed E-state index contributed by atoms with van der Waals surface area (Å²) in [6, 6.07) is 0. The van der Waals surface area contributed by atoms with Crippen molar-refractivity contribution in [1.82, 2.24) is 4.90 Å². The van der Waals surface area contributed by atoms with E-state index >= 15 is 0 Å². The van der Waals surface area contributed by atoms with Crippen LogP contribution in [-0.2, 0) is 22.7 Å². The Bertz CT molecular complexity index is 218. The lowest BCUT2D eigenvalue weighted by atomic mass is 10.9. The van der Waals surface area contributed by atoms with E-state index in [1.807, 2.05) is 0 Å². The Balaban J connectivity index is 3.94. The summed E-state index contributed by atoms with van der Waals surface area (Å²) in [6.45, 7) is -1.30. The Labute approximate surface area is 93.3 Å². The fraction of sp³-hybridized carbons (Fsp3) is 1.00. The van der Waals surface area contributed by atoms with E-state index < -0.39 is 45.3 Å². The summed E-state index contributed by atoms with van der Waals surface area (Å²) in [4.78, 5) is 34.5. The molecule has 0 heterocycles. The molecule has 0 bridgehead atoms. The molecule has 16 heavy (non-hydrogen) atoms. The number of hydrogen-bond acceptors (Lipinski definition) is 8. The van der Waals surface area contributed by atoms with Crippen molar-refractivity contribution < 1.29 is 42.3 Å². The topological polar surface area (TPSA) is 146 Å². The van der Waals surface area contributed by atoms with Crippen molar-refractivity contribution >= 4 is 25.1 Å². The summed E-state index contributed by atoms with van der Waals surface area (Å²) in [5, 5.41) is 0. The van der Waals surface area contributed by atoms with Gasteiger partial charge in [0.05, 0.1) is 0 Å². The minimum Gasteiger partial charge on any atom is -0.328 e. The molecule has 94 valence electrons. The predicted octanol–water partition coefficient (Wildman–Crippen LogP) is -0.278. The summed E-state index contributed by atoms with van der Waals surface area (Å²) >= 11 is 0. The van der Waals surface area contributed by atoms with Crippen LogP contribution in [0.5, 0.6) is 0 Å². The van der Waals surface area contributed by atoms with Gasteiger partial charge in [-0.3, -0.25) is 4.52 Å². The Hall–Kier alpha value is 0.310. The molecule has 10 nitrogen and oxygen atoms in total. The smallest absolute Gasteiger partial charge is 0.328 e. The molecule has 13 heteroatoms. The van der Waals surface area contributed by atoms with Crippen LogP contribution in [0.2, 0.25) is 0 Å². The van der Waals surface area contributed by atoms with Gasteiger partial charge in [-0.15, -0.1) is 18.8 Å². The van der Waals surface area contributed by atoms with Gasteiger partial charge in [0.25, 0.3) is 0 Å². The third kappa shape index (κ3) is 10.8. The lowest BCUT2D eigenvalue weighted by molar-refractivity contribution is -0.00390. The van der Waals surface area contributed by atoms with Gasteiger partial charge in [0, 0.05) is 9.13 Å². The fourth-order valence-electron chi connectivity index (χ4n) is 0.507. The Morgan fingerprint density at radius 1 is 1.00 bits per heavy atom. The van der Waals surface area contributed by atoms with Gasteiger partial charge in [0.2, 0.25) is 0 Å². The van der Waals surface area contributed by atoms with Gasteiger partial charge >= 0.3 is 25.1 Å². The summed E-state index contributed by atoms with van der Waals surface area (Å²) in [5.41, 5.74) is 0. The molecule has 0 radical (unpaired) electrons. The fourth-order valence-corrected chi connectivity index (χ4v) is 1.30. The van der Waals surface area contributed by atoms with Gasteiger partial charge in [-0.2, -0.15) is 0 Å². The molecule has 0 aliphatic heterocycles. The number of rotatable bonds is 9. The van der Waals surface area contributed by atoms with Crippen molar-refractivity contribution in [3.05, 3.63) is 0 Å². The van der Waals surface area contributed by atoms with Crippen LogP contribution in [0, 0.1) is 0 Å². The van der Waals surface area contributed by atoms with E-state index in [2.05, 4.69) is 13.6 Å². The highest BCUT2D eigenvalue weighted by Gasteiger charge is 2.21. The Morgan fingerprint density at radius 3 is 1.75 bits per heavy atom. The quantitative estimate of drug-likeness (QED) is 0.331. The molecule has 0 fully saturated rings. The Morgan fingerprint density at radius 2 is 1.44 bits per heavy atom. The molecule has 0 aromatic rings. The monoisotopic (exact) mass is 297 g/mol. The van der Waals surface area contributed by atoms with Crippen LogP contribution in [0.3, 0.4) is 0 Å². The number of nitrogens with zero attached hydrogens (tertiary/aromatic N) is 1. The van der Waals surface area contributed by atoms with Crippen LogP contribution < -0.4 is 0 Å². The third-order valence-corrected chi connectivity index (χ3v) is 2.08. The minimum atomic E-state index is -2.84. The van der Waals surface area contributed by atoms with Crippen molar-refractivity contribution in [3.63, 3.8) is 0 Å². The Kier molecular flexibility index (Phi) is 9.53. The van der Waals surface area contributed by atoms with E-state index in [4.69, 9.17) is 19.6 Å². The van der Waals surface area contributed by atoms with E-state index in [1.54, 1.807) is 0 Å². The van der Waals surface area contributed by atoms with Crippen LogP contribution >= 0.6 is 25.1 Å². The van der Waals surface area contributed by atoms with Crippen LogP contribution in [-0.4, -0.2) is 44.7 Å². The van der Waals surface area contributed by atoms with Gasteiger partial charge in [-0.1, -0.05) is 0 Å². The largest absolute Gasteiger partial charge is 0.696 e. The second kappa shape index (κ2) is 9.35. The third-order valence-electron chi connectivity index (χ3n) is 1.06. The van der Waals surface area contributed by atoms with E-state index in [0.29, 0.717) is 0 Å². The first kappa shape index (κ1) is 16.3. The van der Waals surface area contributed by atoms with Crippen molar-refractivity contribution in [2.45, 2.75) is 0 Å². The zero-order valence-corrected chi connectivity index (χ0v) is 10.4. The molecule has 0 aliphatic rings. The van der Waals surface area contributed by atoms with Gasteiger partial charge in [-0.05, 0) is 0 Å². The molecule has 0 aliphatic carbocycles. The molecule has 0 aromatic carbocycles. The highest BCUT2D eigenvalue weighted by Crippen LogP contribution is 2.25. The zero-order chi connectivity index (χ0) is 12.6. The molecule has 0 saturated heterocycles. The summed E-state index contributed by atoms with van der Waals surface area (Å²) in [5.74, 6) is 0. The first-order valence-electron chi connectivity index (χ1n) is 3.53. The molecular weight excluding hydrogens is 287 g/mol. The van der Waals surface area contributed by atoms with Crippen molar-refractivity contribution in [1.29, 1.82) is 0 Å². The normalized spacial score (nSPS) is 13.4. The second-order valence-corrected chi connectivity index (χ2v) is 4.41. The predicted molar refractivity (Wildman–Crippen MR) is 50.7 cm³/mol. The van der Waals surface area contributed by atoms with Crippen LogP contribution in [0.15, 0.2) is 0 Å². The van der Waals surface area contributed by atoms with Gasteiger partial charge in [-0.25, -0.2) is 4.90 Å². The van der Waals surface area contributed by atoms with Crippen molar-refractivity contribution in [2.24, 2.45) is 0 Å². The summed E-state index contributed by atoms with van der Waals surface area (Å²) in [7, 11) is -8.29. The molecule has 4 N–H and O–H groups in total. The average Bonchev–Trinajstić information content (AvgIpc) is 2.15. The van der Waals surface area contributed by atoms with Crippen molar-refractivity contribution in [2.75, 3.05) is 20.2 Å². The van der Waals surface area contributed by atoms with E-state index in [-0.39, 0.29) is 0 Å². The molecule has 0 rings (SSSR count). The van der Waals surface area contributed by atoms with Crippen LogP contribution in [0.4, 0.5) is 0 Å². The summed E-state index contributed by atoms with van der Waals surface area (Å²) in [6.07, 6.45) is 0. The van der Waals surface area contributed by atoms with Gasteiger partial charge < -0.3 is 9.79 Å². The SMILES string of the molecule is O=[P+](O)OCN(COP(O)O)CO[P+](=O)O. The molecule has 0 spiro atoms. The zero-order valence-electron chi connectivity index (χ0n) is 7.74. The second-order valence-electron chi connectivity index (χ2n) is 2.17. The summed E-state index contributed by atoms with van der Waals surface area (Å²) < 4.78 is 33.3. The molecule has 2 unspecified atom stereocenters. The molecule has 2 atom stereocenters. The van der Waals surface area contributed by atoms with Crippen LogP contribution in [0.1, 0.15) is 0 Å². The molecule has 0 saturated carbocycles. The minimum absolute atomic E-state index is 0.412. The highest BCUT2D eigenvalue weighted by atomic mass is 31.2. The van der Waals surface area contributed by atoms with E-state index in [9.17, 15) is 9.13 Å². The van der Waals surface area contributed by atoms with E-state index in [1.165, 1.54) is 0 Å². The lowest BCUT2D eigenvalue weighted by Crippen LogP contribution is -2.29. The standard InChI is InChI=1S/C3H8NO9P3/c5-14(6)11-1-4(2-12-15(7)8)3-13-16(9)10/h5-6H,1-3H2/p+2. The van der Waals surface area contributed by atoms with Gasteiger partial charge in [0.1, 0.15) is 6.73 Å². The average molecular weight is 297 g/mol. The van der Waals surface area contributed by atoms with E-state index in [0.717, 1.165) is 4.90 Å². The maximum absolute atomic E-state index is 10.2. The maximum atomic E-state index is 10.2. The first-order valence-corrected chi connectivity index (χ1v) is 6.95. The lowest BCUT2D eigenvalue weighted by Gasteiger charge is -2.15. The highest BCUT2D eigenvalue weighted by molar-refractivity contribution is 7.39. The van der Waals surface area contributed by atoms with Crippen LogP contribution in [0.25, 0.3) is 0 Å². The maximum Gasteiger partial charge on any atom is 0.696 e. The first-order chi connectivity index (χ1) is 7.41. The molecule has 0 aromatic heterocycles. The molecular formula is C3H10NO9P3+2. The van der Waals surface area contributed by atoms with Gasteiger partial charge in [0.15, 0.2) is 13.5 Å². The molecule has 0 amide bonds. The van der Waals surface area contributed by atoms with Crippen molar-refractivity contribution in [3.8, 4) is 0 Å².